The molecule has 7 heteroatoms. The van der Waals surface area contributed by atoms with Crippen molar-refractivity contribution >= 4 is 10.0 Å². The van der Waals surface area contributed by atoms with Crippen LogP contribution in [0.25, 0.3) is 11.1 Å². The first kappa shape index (κ1) is 16.6. The fraction of sp³-hybridized carbons (Fsp3) is 0.235. The summed E-state index contributed by atoms with van der Waals surface area (Å²) >= 11 is 0. The first-order valence-electron chi connectivity index (χ1n) is 7.36. The molecular weight excluding hydrogens is 329 g/mol. The van der Waals surface area contributed by atoms with Crippen molar-refractivity contribution < 1.29 is 12.8 Å². The first-order chi connectivity index (χ1) is 11.3. The minimum atomic E-state index is -3.40. The highest BCUT2D eigenvalue weighted by molar-refractivity contribution is 7.89. The molecule has 0 saturated heterocycles. The van der Waals surface area contributed by atoms with Crippen LogP contribution in [0.1, 0.15) is 11.1 Å². The van der Waals surface area contributed by atoms with Crippen LogP contribution in [-0.2, 0) is 23.0 Å². The summed E-state index contributed by atoms with van der Waals surface area (Å²) in [6.07, 6.45) is 0.149. The molecule has 2 aromatic rings. The van der Waals surface area contributed by atoms with E-state index in [1.54, 1.807) is 30.3 Å². The first-order valence-corrected chi connectivity index (χ1v) is 8.80. The van der Waals surface area contributed by atoms with E-state index in [0.29, 0.717) is 28.1 Å². The molecule has 2 aromatic carbocycles. The van der Waals surface area contributed by atoms with Crippen LogP contribution in [0.2, 0.25) is 0 Å². The topological polar surface area (TPSA) is 87.2 Å². The molecule has 0 saturated carbocycles. The minimum absolute atomic E-state index is 0.149. The van der Waals surface area contributed by atoms with Crippen LogP contribution < -0.4 is 5.73 Å². The molecule has 1 aliphatic rings. The van der Waals surface area contributed by atoms with Crippen molar-refractivity contribution in [3.63, 3.8) is 0 Å². The van der Waals surface area contributed by atoms with E-state index in [2.05, 4.69) is 0 Å². The molecule has 1 aliphatic heterocycles. The third kappa shape index (κ3) is 2.80. The summed E-state index contributed by atoms with van der Waals surface area (Å²) in [7, 11) is -1.87. The monoisotopic (exact) mass is 345 g/mol. The largest absolute Gasteiger partial charge is 0.316 e. The molecule has 0 amide bonds. The van der Waals surface area contributed by atoms with Gasteiger partial charge < -0.3 is 5.73 Å². The van der Waals surface area contributed by atoms with Crippen LogP contribution in [0.3, 0.4) is 0 Å². The van der Waals surface area contributed by atoms with Crippen molar-refractivity contribution in [2.75, 3.05) is 7.05 Å². The standard InChI is InChI=1S/C17H16FN3O2S/c1-21-10-14-6-11(4-5-17(14)24(21,22)23)12-2-3-13(16(18)8-12)7-15(20)9-19/h2-6,8,15H,7,10,20H2,1H3/t15-/m0/s1. The second-order valence-corrected chi connectivity index (χ2v) is 7.84. The molecule has 124 valence electrons. The Bertz CT molecular complexity index is 951. The average Bonchev–Trinajstić information content (AvgIpc) is 2.78. The van der Waals surface area contributed by atoms with E-state index in [9.17, 15) is 12.8 Å². The summed E-state index contributed by atoms with van der Waals surface area (Å²) in [5.74, 6) is -0.427. The Hall–Kier alpha value is -2.27. The molecular formula is C17H16FN3O2S. The SMILES string of the molecule is CN1Cc2cc(-c3ccc(C[C@H](N)C#N)c(F)c3)ccc2S1(=O)=O. The van der Waals surface area contributed by atoms with Crippen LogP contribution in [0.4, 0.5) is 4.39 Å². The zero-order valence-electron chi connectivity index (χ0n) is 13.0. The Morgan fingerprint density at radius 2 is 1.96 bits per heavy atom. The van der Waals surface area contributed by atoms with Gasteiger partial charge in [-0.25, -0.2) is 12.8 Å². The van der Waals surface area contributed by atoms with Crippen molar-refractivity contribution in [3.05, 3.63) is 53.3 Å². The number of fused-ring (bicyclic) bond motifs is 1. The highest BCUT2D eigenvalue weighted by atomic mass is 32.2. The van der Waals surface area contributed by atoms with E-state index in [0.717, 1.165) is 5.56 Å². The summed E-state index contributed by atoms with van der Waals surface area (Å²) in [6, 6.07) is 10.9. The van der Waals surface area contributed by atoms with Gasteiger partial charge in [0.25, 0.3) is 0 Å². The van der Waals surface area contributed by atoms with Crippen molar-refractivity contribution in [1.29, 1.82) is 5.26 Å². The van der Waals surface area contributed by atoms with E-state index in [1.807, 2.05) is 6.07 Å². The van der Waals surface area contributed by atoms with E-state index in [-0.39, 0.29) is 6.42 Å². The predicted molar refractivity (Wildman–Crippen MR) is 87.8 cm³/mol. The van der Waals surface area contributed by atoms with Crippen LogP contribution >= 0.6 is 0 Å². The highest BCUT2D eigenvalue weighted by Gasteiger charge is 2.31. The summed E-state index contributed by atoms with van der Waals surface area (Å²) in [5.41, 5.74) is 8.01. The number of sulfonamides is 1. The minimum Gasteiger partial charge on any atom is -0.316 e. The molecule has 0 radical (unpaired) electrons. The van der Waals surface area contributed by atoms with Gasteiger partial charge >= 0.3 is 0 Å². The molecule has 0 spiro atoms. The van der Waals surface area contributed by atoms with Crippen molar-refractivity contribution in [3.8, 4) is 17.2 Å². The summed E-state index contributed by atoms with van der Waals surface area (Å²) in [5, 5.41) is 8.72. The lowest BCUT2D eigenvalue weighted by molar-refractivity contribution is 0.488. The number of nitrogens with zero attached hydrogens (tertiary/aromatic N) is 2. The Kier molecular flexibility index (Phi) is 4.13. The Morgan fingerprint density at radius 1 is 1.29 bits per heavy atom. The maximum absolute atomic E-state index is 14.2. The van der Waals surface area contributed by atoms with Crippen molar-refractivity contribution in [2.24, 2.45) is 5.73 Å². The number of benzene rings is 2. The van der Waals surface area contributed by atoms with Gasteiger partial charge in [-0.15, -0.1) is 0 Å². The quantitative estimate of drug-likeness (QED) is 0.922. The maximum Gasteiger partial charge on any atom is 0.243 e. The van der Waals surface area contributed by atoms with Gasteiger partial charge in [0.05, 0.1) is 17.0 Å². The number of rotatable bonds is 3. The highest BCUT2D eigenvalue weighted by Crippen LogP contribution is 2.33. The van der Waals surface area contributed by atoms with Gasteiger partial charge in [0.1, 0.15) is 5.82 Å². The summed E-state index contributed by atoms with van der Waals surface area (Å²) < 4.78 is 39.7. The van der Waals surface area contributed by atoms with Gasteiger partial charge in [-0.3, -0.25) is 0 Å². The maximum atomic E-state index is 14.2. The summed E-state index contributed by atoms with van der Waals surface area (Å²) in [4.78, 5) is 0.297. The van der Waals surface area contributed by atoms with Crippen LogP contribution in [-0.4, -0.2) is 25.8 Å². The van der Waals surface area contributed by atoms with Gasteiger partial charge in [-0.2, -0.15) is 9.57 Å². The van der Waals surface area contributed by atoms with Gasteiger partial charge in [0.15, 0.2) is 0 Å². The average molecular weight is 345 g/mol. The molecule has 24 heavy (non-hydrogen) atoms. The predicted octanol–water partition coefficient (Wildman–Crippen LogP) is 2.02. The normalized spacial score (nSPS) is 17.2. The Morgan fingerprint density at radius 3 is 2.62 bits per heavy atom. The molecule has 5 nitrogen and oxygen atoms in total. The zero-order chi connectivity index (χ0) is 17.5. The fourth-order valence-electron chi connectivity index (χ4n) is 2.80. The number of halogens is 1. The van der Waals surface area contributed by atoms with Crippen molar-refractivity contribution in [1.82, 2.24) is 4.31 Å². The van der Waals surface area contributed by atoms with Crippen molar-refractivity contribution in [2.45, 2.75) is 23.9 Å². The number of nitriles is 1. The van der Waals surface area contributed by atoms with Crippen LogP contribution in [0, 0.1) is 17.1 Å². The number of hydrogen-bond acceptors (Lipinski definition) is 4. The molecule has 0 unspecified atom stereocenters. The summed E-state index contributed by atoms with van der Waals surface area (Å²) in [6.45, 7) is 0.309. The molecule has 3 rings (SSSR count). The molecule has 0 aromatic heterocycles. The van der Waals surface area contributed by atoms with Crippen LogP contribution in [0.15, 0.2) is 41.3 Å². The van der Waals surface area contributed by atoms with Crippen LogP contribution in [0.5, 0.6) is 0 Å². The van der Waals surface area contributed by atoms with Gasteiger partial charge in [0, 0.05) is 20.0 Å². The van der Waals surface area contributed by atoms with E-state index in [4.69, 9.17) is 11.0 Å². The van der Waals surface area contributed by atoms with E-state index < -0.39 is 21.9 Å². The third-order valence-corrected chi connectivity index (χ3v) is 6.04. The fourth-order valence-corrected chi connectivity index (χ4v) is 4.14. The molecule has 1 heterocycles. The Labute approximate surface area is 140 Å². The van der Waals surface area contributed by atoms with Gasteiger partial charge in [-0.1, -0.05) is 18.2 Å². The second-order valence-electron chi connectivity index (χ2n) is 5.83. The molecule has 1 atom stereocenters. The van der Waals surface area contributed by atoms with E-state index in [1.165, 1.54) is 17.4 Å². The molecule has 0 aliphatic carbocycles. The number of nitrogens with two attached hydrogens (primary N) is 1. The van der Waals surface area contributed by atoms with Gasteiger partial charge in [0.2, 0.25) is 10.0 Å². The smallest absolute Gasteiger partial charge is 0.243 e. The van der Waals surface area contributed by atoms with E-state index >= 15 is 0 Å². The zero-order valence-corrected chi connectivity index (χ0v) is 13.8. The second kappa shape index (κ2) is 5.98. The van der Waals surface area contributed by atoms with Gasteiger partial charge in [-0.05, 0) is 40.5 Å². The molecule has 0 fully saturated rings. The lowest BCUT2D eigenvalue weighted by atomic mass is 9.99. The number of hydrogen-bond donors (Lipinski definition) is 1. The third-order valence-electron chi connectivity index (χ3n) is 4.13. The lowest BCUT2D eigenvalue weighted by Crippen LogP contribution is -2.20. The lowest BCUT2D eigenvalue weighted by Gasteiger charge is -2.08. The molecule has 2 N–H and O–H groups in total. The Balaban J connectivity index is 1.96. The molecule has 0 bridgehead atoms.